The van der Waals surface area contributed by atoms with Crippen LogP contribution in [0.25, 0.3) is 0 Å². The molecule has 4 saturated carbocycles. The van der Waals surface area contributed by atoms with Gasteiger partial charge >= 0.3 is 0 Å². The summed E-state index contributed by atoms with van der Waals surface area (Å²) < 4.78 is 0. The van der Waals surface area contributed by atoms with Crippen LogP contribution in [0.4, 0.5) is 0 Å². The van der Waals surface area contributed by atoms with Crippen molar-refractivity contribution < 1.29 is 0 Å². The van der Waals surface area contributed by atoms with E-state index in [0.29, 0.717) is 16.7 Å². The first-order valence-electron chi connectivity index (χ1n) is 9.90. The van der Waals surface area contributed by atoms with Gasteiger partial charge < -0.3 is 0 Å². The average molecular weight is 300 g/mol. The van der Waals surface area contributed by atoms with E-state index in [0.717, 1.165) is 29.6 Å². The number of hydrogen-bond donors (Lipinski definition) is 0. The second-order valence-corrected chi connectivity index (χ2v) is 9.74. The molecule has 0 bridgehead atoms. The smallest absolute Gasteiger partial charge is 0.0661 e. The first kappa shape index (κ1) is 15.0. The summed E-state index contributed by atoms with van der Waals surface area (Å²) in [5, 5.41) is 9.59. The Labute approximate surface area is 136 Å². The summed E-state index contributed by atoms with van der Waals surface area (Å²) >= 11 is 0. The van der Waals surface area contributed by atoms with E-state index >= 15 is 0 Å². The lowest BCUT2D eigenvalue weighted by atomic mass is 9.43. The maximum atomic E-state index is 9.59. The van der Waals surface area contributed by atoms with Crippen molar-refractivity contribution in [1.82, 2.24) is 0 Å². The zero-order chi connectivity index (χ0) is 15.5. The lowest BCUT2D eigenvalue weighted by molar-refractivity contribution is -0.121. The van der Waals surface area contributed by atoms with Crippen molar-refractivity contribution in [1.29, 1.82) is 5.26 Å². The Morgan fingerprint density at radius 1 is 0.818 bits per heavy atom. The molecule has 0 aromatic heterocycles. The van der Waals surface area contributed by atoms with Crippen LogP contribution in [0.5, 0.6) is 0 Å². The third-order valence-corrected chi connectivity index (χ3v) is 9.16. The van der Waals surface area contributed by atoms with E-state index in [4.69, 9.17) is 0 Å². The highest BCUT2D eigenvalue weighted by atomic mass is 14.6. The van der Waals surface area contributed by atoms with Gasteiger partial charge in [0.1, 0.15) is 0 Å². The average Bonchev–Trinajstić information content (AvgIpc) is 2.83. The SMILES string of the molecule is CC1CCCC2(C)C1CCC1C3CCC(C#N)C3(C)CCC12. The summed E-state index contributed by atoms with van der Waals surface area (Å²) in [6, 6.07) is 2.67. The van der Waals surface area contributed by atoms with Gasteiger partial charge in [0.15, 0.2) is 0 Å². The van der Waals surface area contributed by atoms with Crippen LogP contribution in [-0.2, 0) is 0 Å². The zero-order valence-electron chi connectivity index (χ0n) is 14.8. The van der Waals surface area contributed by atoms with E-state index in [1.54, 1.807) is 0 Å². The predicted octanol–water partition coefficient (Wildman–Crippen LogP) is 5.80. The number of rotatable bonds is 0. The van der Waals surface area contributed by atoms with Gasteiger partial charge in [-0.1, -0.05) is 33.6 Å². The number of nitriles is 1. The Balaban J connectivity index is 1.65. The minimum Gasteiger partial charge on any atom is -0.198 e. The molecule has 1 heteroatoms. The summed E-state index contributed by atoms with van der Waals surface area (Å²) in [6.07, 6.45) is 12.6. The Morgan fingerprint density at radius 2 is 1.55 bits per heavy atom. The molecule has 4 aliphatic rings. The van der Waals surface area contributed by atoms with Crippen molar-refractivity contribution >= 4 is 0 Å². The first-order chi connectivity index (χ1) is 10.5. The van der Waals surface area contributed by atoms with Crippen LogP contribution in [0.1, 0.15) is 78.6 Å². The van der Waals surface area contributed by atoms with Crippen molar-refractivity contribution in [3.63, 3.8) is 0 Å². The molecule has 122 valence electrons. The number of nitrogens with zero attached hydrogens (tertiary/aromatic N) is 1. The molecule has 0 spiro atoms. The highest BCUT2D eigenvalue weighted by Gasteiger charge is 2.60. The van der Waals surface area contributed by atoms with Crippen LogP contribution < -0.4 is 0 Å². The standard InChI is InChI=1S/C21H33N/c1-14-5-4-11-21(3)17(14)9-7-16-18-8-6-15(13-22)20(18,2)12-10-19(16)21/h14-19H,4-12H2,1-3H3. The molecule has 0 aliphatic heterocycles. The lowest BCUT2D eigenvalue weighted by Gasteiger charge is -2.61. The van der Waals surface area contributed by atoms with Crippen molar-refractivity contribution in [3.8, 4) is 6.07 Å². The molecule has 0 heterocycles. The molecule has 4 aliphatic carbocycles. The molecule has 0 saturated heterocycles. The molecule has 0 N–H and O–H groups in total. The van der Waals surface area contributed by atoms with Gasteiger partial charge in [-0.15, -0.1) is 0 Å². The quantitative estimate of drug-likeness (QED) is 0.554. The van der Waals surface area contributed by atoms with Gasteiger partial charge in [-0.25, -0.2) is 0 Å². The molecule has 8 unspecified atom stereocenters. The van der Waals surface area contributed by atoms with Crippen LogP contribution in [0.3, 0.4) is 0 Å². The number of hydrogen-bond acceptors (Lipinski definition) is 1. The van der Waals surface area contributed by atoms with E-state index in [9.17, 15) is 5.26 Å². The maximum absolute atomic E-state index is 9.59. The molecular weight excluding hydrogens is 266 g/mol. The van der Waals surface area contributed by atoms with E-state index < -0.39 is 0 Å². The second kappa shape index (κ2) is 4.99. The van der Waals surface area contributed by atoms with Crippen LogP contribution in [-0.4, -0.2) is 0 Å². The normalized spacial score (nSPS) is 57.4. The lowest BCUT2D eigenvalue weighted by Crippen LogP contribution is -2.54. The first-order valence-corrected chi connectivity index (χ1v) is 9.90. The minimum absolute atomic E-state index is 0.342. The van der Waals surface area contributed by atoms with E-state index in [1.165, 1.54) is 57.8 Å². The number of fused-ring (bicyclic) bond motifs is 5. The van der Waals surface area contributed by atoms with Crippen LogP contribution >= 0.6 is 0 Å². The third kappa shape index (κ3) is 1.82. The van der Waals surface area contributed by atoms with Crippen LogP contribution in [0.2, 0.25) is 0 Å². The van der Waals surface area contributed by atoms with Gasteiger partial charge in [-0.3, -0.25) is 0 Å². The van der Waals surface area contributed by atoms with Crippen molar-refractivity contribution in [3.05, 3.63) is 0 Å². The maximum Gasteiger partial charge on any atom is 0.0661 e. The fourth-order valence-electron chi connectivity index (χ4n) is 8.01. The highest BCUT2D eigenvalue weighted by Crippen LogP contribution is 2.67. The molecule has 0 aromatic rings. The van der Waals surface area contributed by atoms with Gasteiger partial charge in [0.05, 0.1) is 12.0 Å². The molecule has 0 amide bonds. The Hall–Kier alpha value is -0.510. The molecular formula is C21H33N. The Morgan fingerprint density at radius 3 is 2.32 bits per heavy atom. The van der Waals surface area contributed by atoms with Gasteiger partial charge in [0, 0.05) is 0 Å². The van der Waals surface area contributed by atoms with E-state index in [2.05, 4.69) is 26.8 Å². The zero-order valence-corrected chi connectivity index (χ0v) is 14.8. The Bertz CT molecular complexity index is 491. The summed E-state index contributed by atoms with van der Waals surface area (Å²) in [6.45, 7) is 7.65. The van der Waals surface area contributed by atoms with Crippen LogP contribution in [0.15, 0.2) is 0 Å². The van der Waals surface area contributed by atoms with Gasteiger partial charge in [-0.05, 0) is 85.4 Å². The molecule has 4 fully saturated rings. The molecule has 4 rings (SSSR count). The van der Waals surface area contributed by atoms with Gasteiger partial charge in [0.25, 0.3) is 0 Å². The van der Waals surface area contributed by atoms with Gasteiger partial charge in [0.2, 0.25) is 0 Å². The molecule has 22 heavy (non-hydrogen) atoms. The topological polar surface area (TPSA) is 23.8 Å². The van der Waals surface area contributed by atoms with Gasteiger partial charge in [-0.2, -0.15) is 5.26 Å². The summed E-state index contributed by atoms with van der Waals surface area (Å²) in [5.74, 6) is 5.02. The Kier molecular flexibility index (Phi) is 3.41. The molecule has 0 aromatic carbocycles. The van der Waals surface area contributed by atoms with E-state index in [1.807, 2.05) is 0 Å². The monoisotopic (exact) mass is 299 g/mol. The molecule has 8 atom stereocenters. The molecule has 0 radical (unpaired) electrons. The van der Waals surface area contributed by atoms with Crippen molar-refractivity contribution in [2.75, 3.05) is 0 Å². The largest absolute Gasteiger partial charge is 0.198 e. The second-order valence-electron chi connectivity index (χ2n) is 9.74. The molecule has 1 nitrogen and oxygen atoms in total. The summed E-state index contributed by atoms with van der Waals surface area (Å²) in [5.41, 5.74) is 0.964. The fourth-order valence-corrected chi connectivity index (χ4v) is 8.01. The van der Waals surface area contributed by atoms with Crippen molar-refractivity contribution in [2.24, 2.45) is 46.3 Å². The van der Waals surface area contributed by atoms with Crippen molar-refractivity contribution in [2.45, 2.75) is 78.6 Å². The van der Waals surface area contributed by atoms with Crippen LogP contribution in [0, 0.1) is 57.7 Å². The predicted molar refractivity (Wildman–Crippen MR) is 90.0 cm³/mol. The fraction of sp³-hybridized carbons (Fsp3) is 0.952. The third-order valence-electron chi connectivity index (χ3n) is 9.16. The minimum atomic E-state index is 0.342. The van der Waals surface area contributed by atoms with E-state index in [-0.39, 0.29) is 0 Å². The summed E-state index contributed by atoms with van der Waals surface area (Å²) in [4.78, 5) is 0. The highest BCUT2D eigenvalue weighted by molar-refractivity contribution is 5.12. The summed E-state index contributed by atoms with van der Waals surface area (Å²) in [7, 11) is 0.